The lowest BCUT2D eigenvalue weighted by atomic mass is 10.1. The lowest BCUT2D eigenvalue weighted by Gasteiger charge is -2.18. The fourth-order valence-electron chi connectivity index (χ4n) is 3.32. The van der Waals surface area contributed by atoms with Gasteiger partial charge in [-0.15, -0.1) is 0 Å². The summed E-state index contributed by atoms with van der Waals surface area (Å²) in [4.78, 5) is 14.7. The maximum atomic E-state index is 12.7. The molecule has 0 N–H and O–H groups in total. The minimum absolute atomic E-state index is 0.0376. The highest BCUT2D eigenvalue weighted by atomic mass is 16.5. The molecule has 0 radical (unpaired) electrons. The Hall–Kier alpha value is -2.69. The average Bonchev–Trinajstić information content (AvgIpc) is 3.16. The van der Waals surface area contributed by atoms with Crippen LogP contribution in [-0.4, -0.2) is 44.7 Å². The Morgan fingerprint density at radius 1 is 1.00 bits per heavy atom. The maximum absolute atomic E-state index is 12.7. The minimum atomic E-state index is 0.0376. The molecule has 138 valence electrons. The van der Waals surface area contributed by atoms with Gasteiger partial charge in [0.2, 0.25) is 0 Å². The van der Waals surface area contributed by atoms with Crippen molar-refractivity contribution in [3.8, 4) is 17.2 Å². The highest BCUT2D eigenvalue weighted by molar-refractivity contribution is 5.97. The molecule has 1 amide bonds. The van der Waals surface area contributed by atoms with Gasteiger partial charge in [0.25, 0.3) is 5.91 Å². The molecular weight excluding hydrogens is 330 g/mol. The number of ether oxygens (including phenoxy) is 3. The van der Waals surface area contributed by atoms with Crippen LogP contribution in [0.3, 0.4) is 0 Å². The zero-order chi connectivity index (χ0) is 18.4. The predicted molar refractivity (Wildman–Crippen MR) is 100 cm³/mol. The molecule has 1 saturated heterocycles. The predicted octanol–water partition coefficient (Wildman–Crippen LogP) is 3.64. The van der Waals surface area contributed by atoms with Crippen molar-refractivity contribution in [3.05, 3.63) is 54.1 Å². The van der Waals surface area contributed by atoms with Gasteiger partial charge < -0.3 is 19.1 Å². The van der Waals surface area contributed by atoms with Gasteiger partial charge in [-0.1, -0.05) is 24.3 Å². The molecule has 1 atom stereocenters. The van der Waals surface area contributed by atoms with Crippen LogP contribution in [0.4, 0.5) is 0 Å². The zero-order valence-corrected chi connectivity index (χ0v) is 15.3. The largest absolute Gasteiger partial charge is 0.496 e. The van der Waals surface area contributed by atoms with Crippen LogP contribution in [-0.2, 0) is 0 Å². The van der Waals surface area contributed by atoms with E-state index in [1.807, 2.05) is 53.4 Å². The van der Waals surface area contributed by atoms with Gasteiger partial charge >= 0.3 is 0 Å². The highest BCUT2D eigenvalue weighted by Crippen LogP contribution is 2.28. The van der Waals surface area contributed by atoms with Gasteiger partial charge in [-0.05, 0) is 43.0 Å². The van der Waals surface area contributed by atoms with Gasteiger partial charge in [0.05, 0.1) is 26.4 Å². The third kappa shape index (κ3) is 4.10. The van der Waals surface area contributed by atoms with Crippen molar-refractivity contribution in [1.82, 2.24) is 4.90 Å². The molecule has 0 bridgehead atoms. The van der Waals surface area contributed by atoms with E-state index in [0.29, 0.717) is 23.8 Å². The second kappa shape index (κ2) is 8.61. The van der Waals surface area contributed by atoms with Gasteiger partial charge in [0.15, 0.2) is 11.5 Å². The Labute approximate surface area is 154 Å². The van der Waals surface area contributed by atoms with Crippen LogP contribution in [0.15, 0.2) is 48.5 Å². The van der Waals surface area contributed by atoms with Gasteiger partial charge in [-0.3, -0.25) is 4.79 Å². The smallest absolute Gasteiger partial charge is 0.257 e. The van der Waals surface area contributed by atoms with Crippen LogP contribution in [0.5, 0.6) is 17.2 Å². The van der Waals surface area contributed by atoms with Crippen molar-refractivity contribution >= 4 is 5.91 Å². The molecule has 1 heterocycles. The van der Waals surface area contributed by atoms with Crippen LogP contribution >= 0.6 is 0 Å². The molecule has 5 heteroatoms. The van der Waals surface area contributed by atoms with Crippen molar-refractivity contribution in [2.75, 3.05) is 33.9 Å². The second-order valence-electron chi connectivity index (χ2n) is 6.39. The van der Waals surface area contributed by atoms with Crippen LogP contribution in [0.2, 0.25) is 0 Å². The van der Waals surface area contributed by atoms with E-state index in [1.54, 1.807) is 14.2 Å². The first-order chi connectivity index (χ1) is 12.7. The Morgan fingerprint density at radius 3 is 2.38 bits per heavy atom. The van der Waals surface area contributed by atoms with Gasteiger partial charge in [0.1, 0.15) is 5.75 Å². The SMILES string of the molecule is COc1ccccc1OCCC1CCN(C(=O)c2ccccc2OC)C1. The number of methoxy groups -OCH3 is 2. The number of amides is 1. The summed E-state index contributed by atoms with van der Waals surface area (Å²) in [6, 6.07) is 15.0. The molecule has 2 aromatic rings. The van der Waals surface area contributed by atoms with E-state index in [2.05, 4.69) is 0 Å². The summed E-state index contributed by atoms with van der Waals surface area (Å²) >= 11 is 0. The van der Waals surface area contributed by atoms with Crippen molar-refractivity contribution < 1.29 is 19.0 Å². The summed E-state index contributed by atoms with van der Waals surface area (Å²) in [7, 11) is 3.23. The fourth-order valence-corrected chi connectivity index (χ4v) is 3.32. The number of para-hydroxylation sites is 3. The maximum Gasteiger partial charge on any atom is 0.257 e. The summed E-state index contributed by atoms with van der Waals surface area (Å²) in [5.41, 5.74) is 0.626. The molecule has 0 saturated carbocycles. The van der Waals surface area contributed by atoms with Gasteiger partial charge in [-0.2, -0.15) is 0 Å². The molecule has 1 aliphatic heterocycles. The number of hydrogen-bond acceptors (Lipinski definition) is 4. The summed E-state index contributed by atoms with van der Waals surface area (Å²) in [5, 5.41) is 0. The van der Waals surface area contributed by atoms with E-state index in [4.69, 9.17) is 14.2 Å². The van der Waals surface area contributed by atoms with Crippen LogP contribution < -0.4 is 14.2 Å². The molecular formula is C21H25NO4. The lowest BCUT2D eigenvalue weighted by Crippen LogP contribution is -2.29. The third-order valence-corrected chi connectivity index (χ3v) is 4.76. The van der Waals surface area contributed by atoms with Crippen molar-refractivity contribution in [2.45, 2.75) is 12.8 Å². The Balaban J connectivity index is 1.52. The van der Waals surface area contributed by atoms with Crippen molar-refractivity contribution in [2.24, 2.45) is 5.92 Å². The topological polar surface area (TPSA) is 48.0 Å². The zero-order valence-electron chi connectivity index (χ0n) is 15.3. The first-order valence-electron chi connectivity index (χ1n) is 8.91. The van der Waals surface area contributed by atoms with E-state index in [0.717, 1.165) is 37.4 Å². The fraction of sp³-hybridized carbons (Fsp3) is 0.381. The second-order valence-corrected chi connectivity index (χ2v) is 6.39. The number of benzene rings is 2. The average molecular weight is 355 g/mol. The molecule has 5 nitrogen and oxygen atoms in total. The van der Waals surface area contributed by atoms with Crippen molar-refractivity contribution in [1.29, 1.82) is 0 Å². The molecule has 0 aliphatic carbocycles. The molecule has 3 rings (SSSR count). The minimum Gasteiger partial charge on any atom is -0.496 e. The molecule has 1 unspecified atom stereocenters. The normalized spacial score (nSPS) is 16.4. The summed E-state index contributed by atoms with van der Waals surface area (Å²) in [6.45, 7) is 2.14. The molecule has 1 fully saturated rings. The number of rotatable bonds is 7. The van der Waals surface area contributed by atoms with Crippen LogP contribution in [0.1, 0.15) is 23.2 Å². The Bertz CT molecular complexity index is 746. The first-order valence-corrected chi connectivity index (χ1v) is 8.91. The molecule has 0 aromatic heterocycles. The first kappa shape index (κ1) is 18.1. The molecule has 2 aromatic carbocycles. The highest BCUT2D eigenvalue weighted by Gasteiger charge is 2.28. The molecule has 26 heavy (non-hydrogen) atoms. The van der Waals surface area contributed by atoms with Gasteiger partial charge in [-0.25, -0.2) is 0 Å². The Kier molecular flexibility index (Phi) is 6.00. The molecule has 0 spiro atoms. The van der Waals surface area contributed by atoms with Crippen LogP contribution in [0, 0.1) is 5.92 Å². The van der Waals surface area contributed by atoms with E-state index in [-0.39, 0.29) is 5.91 Å². The summed E-state index contributed by atoms with van der Waals surface area (Å²) in [5.74, 6) is 2.61. The third-order valence-electron chi connectivity index (χ3n) is 4.76. The standard InChI is InChI=1S/C21H25NO4/c1-24-18-8-4-3-7-17(18)21(23)22-13-11-16(15-22)12-14-26-20-10-6-5-9-19(20)25-2/h3-10,16H,11-15H2,1-2H3. The summed E-state index contributed by atoms with van der Waals surface area (Å²) in [6.07, 6.45) is 1.91. The number of likely N-dealkylation sites (tertiary alicyclic amines) is 1. The Morgan fingerprint density at radius 2 is 1.65 bits per heavy atom. The van der Waals surface area contributed by atoms with Crippen molar-refractivity contribution in [3.63, 3.8) is 0 Å². The summed E-state index contributed by atoms with van der Waals surface area (Å²) < 4.78 is 16.5. The van der Waals surface area contributed by atoms with E-state index in [9.17, 15) is 4.79 Å². The monoisotopic (exact) mass is 355 g/mol. The number of carbonyl (C=O) groups is 1. The lowest BCUT2D eigenvalue weighted by molar-refractivity contribution is 0.0782. The molecule has 1 aliphatic rings. The quantitative estimate of drug-likeness (QED) is 0.761. The number of carbonyl (C=O) groups excluding carboxylic acids is 1. The number of nitrogens with zero attached hydrogens (tertiary/aromatic N) is 1. The van der Waals surface area contributed by atoms with E-state index >= 15 is 0 Å². The van der Waals surface area contributed by atoms with Gasteiger partial charge in [0, 0.05) is 13.1 Å². The van der Waals surface area contributed by atoms with E-state index < -0.39 is 0 Å². The van der Waals surface area contributed by atoms with E-state index in [1.165, 1.54) is 0 Å². The van der Waals surface area contributed by atoms with Crippen LogP contribution in [0.25, 0.3) is 0 Å². The number of hydrogen-bond donors (Lipinski definition) is 0.